The number of rotatable bonds is 13. The Kier molecular flexibility index (Phi) is 8.86. The average Bonchev–Trinajstić information content (AvgIpc) is 3.34. The predicted molar refractivity (Wildman–Crippen MR) is 170 cm³/mol. The molecule has 1 saturated carbocycles. The molecule has 0 aromatic heterocycles. The summed E-state index contributed by atoms with van der Waals surface area (Å²) >= 11 is 0. The summed E-state index contributed by atoms with van der Waals surface area (Å²) in [6.07, 6.45) is 11.2. The monoisotopic (exact) mass is 586 g/mol. The molecule has 6 heteroatoms. The van der Waals surface area contributed by atoms with E-state index in [4.69, 9.17) is 9.47 Å². The molecule has 0 N–H and O–H groups in total. The van der Waals surface area contributed by atoms with E-state index in [9.17, 15) is 9.59 Å². The number of nitrogens with zero attached hydrogens (tertiary/aromatic N) is 2. The first-order valence-electron chi connectivity index (χ1n) is 16.8. The van der Waals surface area contributed by atoms with Crippen molar-refractivity contribution < 1.29 is 19.1 Å². The second-order valence-electron chi connectivity index (χ2n) is 13.8. The van der Waals surface area contributed by atoms with Gasteiger partial charge in [-0.05, 0) is 95.4 Å². The summed E-state index contributed by atoms with van der Waals surface area (Å²) < 4.78 is 12.8. The molecule has 1 spiro atoms. The Hall–Kier alpha value is -2.86. The molecule has 2 aliphatic carbocycles. The topological polar surface area (TPSA) is 59.1 Å². The van der Waals surface area contributed by atoms with Gasteiger partial charge in [-0.1, -0.05) is 55.7 Å². The van der Waals surface area contributed by atoms with Crippen LogP contribution in [0.2, 0.25) is 0 Å². The number of methoxy groups -OCH3 is 1. The van der Waals surface area contributed by atoms with Gasteiger partial charge in [0.25, 0.3) is 0 Å². The molecular formula is C37H50N2O4. The maximum atomic E-state index is 13.9. The highest BCUT2D eigenvalue weighted by Crippen LogP contribution is 2.64. The predicted octanol–water partition coefficient (Wildman–Crippen LogP) is 6.51. The molecule has 2 fully saturated rings. The van der Waals surface area contributed by atoms with Crippen molar-refractivity contribution in [2.75, 3.05) is 20.2 Å². The highest BCUT2D eigenvalue weighted by molar-refractivity contribution is 5.78. The molecule has 6 rings (SSSR count). The Bertz CT molecular complexity index is 1310. The highest BCUT2D eigenvalue weighted by Gasteiger charge is 2.66. The van der Waals surface area contributed by atoms with E-state index in [1.54, 1.807) is 14.0 Å². The lowest BCUT2D eigenvalue weighted by atomic mass is 9.51. The molecule has 4 aliphatic rings. The van der Waals surface area contributed by atoms with Crippen molar-refractivity contribution in [1.29, 1.82) is 0 Å². The minimum Gasteiger partial charge on any atom is -0.493 e. The first-order valence-corrected chi connectivity index (χ1v) is 16.8. The number of carbonyl (C=O) groups is 2. The van der Waals surface area contributed by atoms with Gasteiger partial charge in [0.15, 0.2) is 11.5 Å². The fourth-order valence-corrected chi connectivity index (χ4v) is 9.28. The van der Waals surface area contributed by atoms with Crippen LogP contribution in [0.15, 0.2) is 42.5 Å². The zero-order valence-electron chi connectivity index (χ0n) is 26.6. The van der Waals surface area contributed by atoms with Gasteiger partial charge < -0.3 is 14.4 Å². The molecule has 5 atom stereocenters. The molecule has 2 aliphatic heterocycles. The Morgan fingerprint density at radius 1 is 1.05 bits per heavy atom. The first-order chi connectivity index (χ1) is 20.8. The van der Waals surface area contributed by atoms with Crippen LogP contribution >= 0.6 is 0 Å². The number of unbranched alkanes of at least 4 members (excludes halogenated alkanes) is 4. The maximum absolute atomic E-state index is 13.9. The molecule has 2 heterocycles. The fraction of sp³-hybridized carbons (Fsp3) is 0.622. The highest BCUT2D eigenvalue weighted by atomic mass is 16.5. The minimum atomic E-state index is -0.134. The minimum absolute atomic E-state index is 0.0395. The van der Waals surface area contributed by atoms with Crippen LogP contribution in [0, 0.1) is 5.92 Å². The van der Waals surface area contributed by atoms with Gasteiger partial charge in [0.05, 0.1) is 19.7 Å². The molecule has 43 heavy (non-hydrogen) atoms. The molecule has 1 amide bonds. The van der Waals surface area contributed by atoms with Crippen molar-refractivity contribution in [1.82, 2.24) is 9.80 Å². The Morgan fingerprint density at radius 2 is 1.81 bits per heavy atom. The van der Waals surface area contributed by atoms with E-state index < -0.39 is 0 Å². The van der Waals surface area contributed by atoms with Crippen LogP contribution in [0.3, 0.4) is 0 Å². The zero-order valence-corrected chi connectivity index (χ0v) is 26.6. The number of likely N-dealkylation sites (tertiary alicyclic amines) is 1. The number of hydrogen-bond donors (Lipinski definition) is 0. The van der Waals surface area contributed by atoms with Gasteiger partial charge in [0.1, 0.15) is 11.9 Å². The number of benzene rings is 2. The summed E-state index contributed by atoms with van der Waals surface area (Å²) in [7, 11) is 1.73. The summed E-state index contributed by atoms with van der Waals surface area (Å²) in [5.41, 5.74) is 3.96. The lowest BCUT2D eigenvalue weighted by Crippen LogP contribution is -2.70. The van der Waals surface area contributed by atoms with E-state index >= 15 is 0 Å². The number of hydrogen-bond acceptors (Lipinski definition) is 5. The number of aryl methyl sites for hydroxylation is 1. The molecule has 0 radical (unpaired) electrons. The molecule has 2 aromatic carbocycles. The first kappa shape index (κ1) is 30.2. The van der Waals surface area contributed by atoms with Gasteiger partial charge >= 0.3 is 0 Å². The van der Waals surface area contributed by atoms with Crippen LogP contribution in [-0.4, -0.2) is 65.9 Å². The van der Waals surface area contributed by atoms with Crippen LogP contribution in [0.5, 0.6) is 11.5 Å². The Labute approximate surface area is 258 Å². The van der Waals surface area contributed by atoms with Crippen LogP contribution in [0.1, 0.15) is 95.2 Å². The van der Waals surface area contributed by atoms with Crippen LogP contribution in [0.4, 0.5) is 0 Å². The summed E-state index contributed by atoms with van der Waals surface area (Å²) in [6.45, 7) is 7.45. The lowest BCUT2D eigenvalue weighted by molar-refractivity contribution is -0.146. The van der Waals surface area contributed by atoms with Crippen molar-refractivity contribution >= 4 is 11.7 Å². The molecule has 2 bridgehead atoms. The number of carbonyl (C=O) groups excluding carboxylic acids is 2. The summed E-state index contributed by atoms with van der Waals surface area (Å²) in [5.74, 6) is 2.64. The third-order valence-corrected chi connectivity index (χ3v) is 10.9. The third-order valence-electron chi connectivity index (χ3n) is 10.9. The van der Waals surface area contributed by atoms with Crippen molar-refractivity contribution in [3.05, 3.63) is 59.2 Å². The molecule has 0 unspecified atom stereocenters. The number of amides is 1. The van der Waals surface area contributed by atoms with Gasteiger partial charge in [0, 0.05) is 29.5 Å². The van der Waals surface area contributed by atoms with E-state index in [0.29, 0.717) is 24.9 Å². The van der Waals surface area contributed by atoms with Crippen molar-refractivity contribution in [3.63, 3.8) is 0 Å². The zero-order chi connectivity index (χ0) is 30.1. The number of piperidine rings is 1. The molecule has 1 saturated heterocycles. The maximum Gasteiger partial charge on any atom is 0.223 e. The van der Waals surface area contributed by atoms with E-state index in [0.717, 1.165) is 63.0 Å². The smallest absolute Gasteiger partial charge is 0.223 e. The number of Topliss-reactive ketones (excluding diaryl/α,β-unsaturated/α-hetero) is 1. The van der Waals surface area contributed by atoms with E-state index in [1.165, 1.54) is 36.0 Å². The second-order valence-corrected chi connectivity index (χ2v) is 13.8. The fourth-order valence-electron chi connectivity index (χ4n) is 9.28. The molecule has 6 nitrogen and oxygen atoms in total. The number of ether oxygens (including phenoxy) is 2. The van der Waals surface area contributed by atoms with E-state index in [1.807, 2.05) is 6.07 Å². The van der Waals surface area contributed by atoms with Crippen LogP contribution in [-0.2, 0) is 27.8 Å². The summed E-state index contributed by atoms with van der Waals surface area (Å²) in [5, 5.41) is 0. The number of ketones is 1. The third kappa shape index (κ3) is 5.49. The molecular weight excluding hydrogens is 536 g/mol. The van der Waals surface area contributed by atoms with Crippen molar-refractivity contribution in [2.24, 2.45) is 5.92 Å². The van der Waals surface area contributed by atoms with Gasteiger partial charge in [-0.3, -0.25) is 14.5 Å². The normalized spacial score (nSPS) is 27.0. The van der Waals surface area contributed by atoms with Gasteiger partial charge in [-0.15, -0.1) is 0 Å². The SMILES string of the molecule is COc1ccc2c3c1O[C@H]1[C@@H](N(C(=O)CCCCCCCc4ccccc4)C(C)C)CC[C@H]4[C@@H](C2)N(CC(C)=O)CC[C@@]341. The quantitative estimate of drug-likeness (QED) is 0.251. The summed E-state index contributed by atoms with van der Waals surface area (Å²) in [4.78, 5) is 30.8. The van der Waals surface area contributed by atoms with Gasteiger partial charge in [0.2, 0.25) is 5.91 Å². The lowest BCUT2D eigenvalue weighted by Gasteiger charge is -2.60. The Morgan fingerprint density at radius 3 is 2.56 bits per heavy atom. The van der Waals surface area contributed by atoms with E-state index in [2.05, 4.69) is 60.0 Å². The molecule has 2 aromatic rings. The average molecular weight is 587 g/mol. The Balaban J connectivity index is 1.16. The van der Waals surface area contributed by atoms with Gasteiger partial charge in [-0.2, -0.15) is 0 Å². The van der Waals surface area contributed by atoms with Crippen molar-refractivity contribution in [3.8, 4) is 11.5 Å². The van der Waals surface area contributed by atoms with Crippen LogP contribution in [0.25, 0.3) is 0 Å². The standard InChI is InChI=1S/C37H50N2O4/c1-25(2)39(33(41)16-12-7-5-6-9-13-27-14-10-8-11-15-27)30-19-18-29-31-23-28-17-20-32(42-4)35-34(28)37(29,36(30)43-35)21-22-38(31)24-26(3)40/h8,10-11,14-15,17,20,25,29-31,36H,5-7,9,12-13,16,18-19,21-24H2,1-4H3/t29-,30-,31+,36-,37-/m0/s1. The molecule has 232 valence electrons. The summed E-state index contributed by atoms with van der Waals surface area (Å²) in [6, 6.07) is 15.5. The van der Waals surface area contributed by atoms with Gasteiger partial charge in [-0.25, -0.2) is 0 Å². The van der Waals surface area contributed by atoms with Crippen LogP contribution < -0.4 is 9.47 Å². The second kappa shape index (κ2) is 12.6. The van der Waals surface area contributed by atoms with E-state index in [-0.39, 0.29) is 35.3 Å². The largest absolute Gasteiger partial charge is 0.493 e. The van der Waals surface area contributed by atoms with Crippen molar-refractivity contribution in [2.45, 2.75) is 121 Å².